The van der Waals surface area contributed by atoms with Crippen LogP contribution >= 0.6 is 0 Å². The number of amides is 2. The fourth-order valence-electron chi connectivity index (χ4n) is 4.55. The zero-order valence-corrected chi connectivity index (χ0v) is 16.2. The molecule has 2 N–H and O–H groups in total. The van der Waals surface area contributed by atoms with Crippen molar-refractivity contribution in [1.29, 1.82) is 0 Å². The maximum Gasteiger partial charge on any atom is 0.317 e. The first-order valence-corrected chi connectivity index (χ1v) is 9.87. The lowest BCUT2D eigenvalue weighted by atomic mass is 9.81. The third-order valence-electron chi connectivity index (χ3n) is 5.85. The fraction of sp³-hybridized carbons (Fsp3) is 0.409. The normalized spacial score (nSPS) is 21.5. The van der Waals surface area contributed by atoms with E-state index in [0.717, 1.165) is 32.6 Å². The number of H-pyrrole nitrogens is 1. The van der Waals surface area contributed by atoms with Gasteiger partial charge in [0.2, 0.25) is 0 Å². The standard InChI is InChI=1S/C22H28N4O/c1-4-10-26-14-16(24-22(27)25(5-2)6-3)12-18-17-8-7-9-19-21(17)15(13-23-19)11-20(18)26/h4,7-9,12-13,16,20,23H,1,5-6,10-11,14H2,2-3H3,(H,24,27)/t16?,20-/m1/s1. The van der Waals surface area contributed by atoms with Gasteiger partial charge in [-0.15, -0.1) is 6.58 Å². The Morgan fingerprint density at radius 1 is 1.41 bits per heavy atom. The largest absolute Gasteiger partial charge is 0.361 e. The van der Waals surface area contributed by atoms with Crippen molar-refractivity contribution in [3.05, 3.63) is 54.3 Å². The highest BCUT2D eigenvalue weighted by atomic mass is 16.2. The predicted molar refractivity (Wildman–Crippen MR) is 111 cm³/mol. The molecule has 1 aliphatic heterocycles. The summed E-state index contributed by atoms with van der Waals surface area (Å²) in [6, 6.07) is 6.79. The Labute approximate surface area is 160 Å². The summed E-state index contributed by atoms with van der Waals surface area (Å²) in [5.74, 6) is 0. The van der Waals surface area contributed by atoms with E-state index in [4.69, 9.17) is 0 Å². The molecule has 1 aromatic heterocycles. The Balaban J connectivity index is 1.71. The van der Waals surface area contributed by atoms with Gasteiger partial charge in [0.1, 0.15) is 0 Å². The van der Waals surface area contributed by atoms with E-state index in [2.05, 4.69) is 52.3 Å². The molecule has 27 heavy (non-hydrogen) atoms. The molecular formula is C22H28N4O. The molecule has 0 saturated heterocycles. The van der Waals surface area contributed by atoms with Crippen molar-refractivity contribution in [2.24, 2.45) is 0 Å². The number of nitrogens with zero attached hydrogens (tertiary/aromatic N) is 2. The van der Waals surface area contributed by atoms with Crippen LogP contribution in [0.4, 0.5) is 4.79 Å². The number of nitrogens with one attached hydrogen (secondary N) is 2. The van der Waals surface area contributed by atoms with Gasteiger partial charge in [-0.25, -0.2) is 4.79 Å². The molecule has 0 spiro atoms. The number of fused-ring (bicyclic) bond motifs is 2. The Kier molecular flexibility index (Phi) is 4.79. The Morgan fingerprint density at radius 2 is 2.22 bits per heavy atom. The van der Waals surface area contributed by atoms with Crippen LogP contribution < -0.4 is 5.32 Å². The Bertz CT molecular complexity index is 893. The van der Waals surface area contributed by atoms with Gasteiger partial charge in [0.25, 0.3) is 0 Å². The minimum Gasteiger partial charge on any atom is -0.361 e. The molecule has 2 heterocycles. The van der Waals surface area contributed by atoms with E-state index in [1.54, 1.807) is 0 Å². The second kappa shape index (κ2) is 7.24. The van der Waals surface area contributed by atoms with Crippen LogP contribution in [0.2, 0.25) is 0 Å². The van der Waals surface area contributed by atoms with Crippen molar-refractivity contribution < 1.29 is 4.79 Å². The molecule has 0 radical (unpaired) electrons. The second-order valence-electron chi connectivity index (χ2n) is 7.35. The molecule has 1 aliphatic carbocycles. The number of rotatable bonds is 5. The van der Waals surface area contributed by atoms with Gasteiger partial charge in [-0.05, 0) is 43.0 Å². The van der Waals surface area contributed by atoms with Crippen molar-refractivity contribution in [2.45, 2.75) is 32.4 Å². The lowest BCUT2D eigenvalue weighted by Gasteiger charge is -2.42. The van der Waals surface area contributed by atoms with Gasteiger partial charge in [-0.1, -0.05) is 24.3 Å². The van der Waals surface area contributed by atoms with Crippen LogP contribution in [0.15, 0.2) is 43.1 Å². The first kappa shape index (κ1) is 17.9. The summed E-state index contributed by atoms with van der Waals surface area (Å²) in [7, 11) is 0. The van der Waals surface area contributed by atoms with E-state index in [-0.39, 0.29) is 12.1 Å². The average molecular weight is 364 g/mol. The zero-order valence-electron chi connectivity index (χ0n) is 16.2. The van der Waals surface area contributed by atoms with E-state index in [1.807, 2.05) is 24.8 Å². The maximum atomic E-state index is 12.6. The molecule has 2 atom stereocenters. The van der Waals surface area contributed by atoms with Crippen LogP contribution in [-0.4, -0.2) is 59.1 Å². The number of aromatic nitrogens is 1. The first-order valence-electron chi connectivity index (χ1n) is 9.87. The number of hydrogen-bond donors (Lipinski definition) is 2. The number of benzene rings is 1. The zero-order chi connectivity index (χ0) is 19.0. The van der Waals surface area contributed by atoms with E-state index in [1.165, 1.54) is 27.6 Å². The summed E-state index contributed by atoms with van der Waals surface area (Å²) in [4.78, 5) is 20.3. The Morgan fingerprint density at radius 3 is 2.96 bits per heavy atom. The van der Waals surface area contributed by atoms with E-state index in [9.17, 15) is 4.79 Å². The highest BCUT2D eigenvalue weighted by molar-refractivity contribution is 5.98. The number of urea groups is 1. The maximum absolute atomic E-state index is 12.6. The molecule has 0 fully saturated rings. The average Bonchev–Trinajstić information content (AvgIpc) is 3.08. The molecule has 5 heteroatoms. The smallest absolute Gasteiger partial charge is 0.317 e. The van der Waals surface area contributed by atoms with Crippen LogP contribution in [-0.2, 0) is 6.42 Å². The van der Waals surface area contributed by atoms with Gasteiger partial charge in [-0.3, -0.25) is 4.90 Å². The highest BCUT2D eigenvalue weighted by Gasteiger charge is 2.35. The monoisotopic (exact) mass is 364 g/mol. The number of aromatic amines is 1. The third-order valence-corrected chi connectivity index (χ3v) is 5.85. The minimum atomic E-state index is 0.0000444. The quantitative estimate of drug-likeness (QED) is 0.799. The van der Waals surface area contributed by atoms with Crippen molar-refractivity contribution in [3.8, 4) is 0 Å². The van der Waals surface area contributed by atoms with E-state index in [0.29, 0.717) is 6.04 Å². The van der Waals surface area contributed by atoms with Crippen molar-refractivity contribution >= 4 is 22.5 Å². The van der Waals surface area contributed by atoms with Gasteiger partial charge >= 0.3 is 6.03 Å². The summed E-state index contributed by atoms with van der Waals surface area (Å²) in [6.07, 6.45) is 7.37. The SMILES string of the molecule is C=CCN1CC(NC(=O)N(CC)CC)C=C2c3cccc4[nH]cc(c34)C[C@H]21. The van der Waals surface area contributed by atoms with Gasteiger partial charge < -0.3 is 15.2 Å². The van der Waals surface area contributed by atoms with E-state index >= 15 is 0 Å². The summed E-state index contributed by atoms with van der Waals surface area (Å²) in [5.41, 5.74) is 5.18. The minimum absolute atomic E-state index is 0.0000444. The van der Waals surface area contributed by atoms with Crippen LogP contribution in [0.5, 0.6) is 0 Å². The summed E-state index contributed by atoms with van der Waals surface area (Å²) >= 11 is 0. The molecule has 2 aliphatic rings. The fourth-order valence-corrected chi connectivity index (χ4v) is 4.55. The lowest BCUT2D eigenvalue weighted by Crippen LogP contribution is -2.54. The van der Waals surface area contributed by atoms with Crippen molar-refractivity contribution in [2.75, 3.05) is 26.2 Å². The van der Waals surface area contributed by atoms with Gasteiger partial charge in [0, 0.05) is 49.3 Å². The number of carbonyl (C=O) groups is 1. The summed E-state index contributed by atoms with van der Waals surface area (Å²) < 4.78 is 0. The van der Waals surface area contributed by atoms with E-state index < -0.39 is 0 Å². The molecule has 2 aromatic rings. The van der Waals surface area contributed by atoms with Crippen molar-refractivity contribution in [3.63, 3.8) is 0 Å². The highest BCUT2D eigenvalue weighted by Crippen LogP contribution is 2.40. The number of hydrogen-bond acceptors (Lipinski definition) is 2. The van der Waals surface area contributed by atoms with Crippen LogP contribution in [0.25, 0.3) is 16.5 Å². The molecule has 142 valence electrons. The second-order valence-corrected chi connectivity index (χ2v) is 7.35. The topological polar surface area (TPSA) is 51.4 Å². The molecule has 0 bridgehead atoms. The molecule has 1 unspecified atom stereocenters. The summed E-state index contributed by atoms with van der Waals surface area (Å²) in [6.45, 7) is 11.0. The van der Waals surface area contributed by atoms with Gasteiger partial charge in [0.05, 0.1) is 6.04 Å². The first-order chi connectivity index (χ1) is 13.2. The molecule has 2 amide bonds. The number of carbonyl (C=O) groups excluding carboxylic acids is 1. The van der Waals surface area contributed by atoms with Crippen molar-refractivity contribution in [1.82, 2.24) is 20.1 Å². The molecule has 4 rings (SSSR count). The molecule has 5 nitrogen and oxygen atoms in total. The lowest BCUT2D eigenvalue weighted by molar-refractivity contribution is 0.189. The predicted octanol–water partition coefficient (Wildman–Crippen LogP) is 3.40. The van der Waals surface area contributed by atoms with Crippen LogP contribution in [0, 0.1) is 0 Å². The van der Waals surface area contributed by atoms with Gasteiger partial charge in [-0.2, -0.15) is 0 Å². The van der Waals surface area contributed by atoms with Gasteiger partial charge in [0.15, 0.2) is 0 Å². The Hall–Kier alpha value is -2.53. The molecule has 1 aromatic carbocycles. The third kappa shape index (κ3) is 3.06. The van der Waals surface area contributed by atoms with Crippen LogP contribution in [0.1, 0.15) is 25.0 Å². The summed E-state index contributed by atoms with van der Waals surface area (Å²) in [5, 5.41) is 4.55. The van der Waals surface area contributed by atoms with Crippen LogP contribution in [0.3, 0.4) is 0 Å². The molecular weight excluding hydrogens is 336 g/mol. The molecule has 0 saturated carbocycles.